The van der Waals surface area contributed by atoms with Crippen LogP contribution in [0, 0.1) is 0 Å². The van der Waals surface area contributed by atoms with Gasteiger partial charge in [-0.3, -0.25) is 9.78 Å². The largest absolute Gasteiger partial charge is 0.444 e. The van der Waals surface area contributed by atoms with Gasteiger partial charge in [-0.15, -0.1) is 0 Å². The van der Waals surface area contributed by atoms with E-state index in [-0.39, 0.29) is 18.5 Å². The van der Waals surface area contributed by atoms with Crippen molar-refractivity contribution in [3.05, 3.63) is 59.9 Å². The van der Waals surface area contributed by atoms with Gasteiger partial charge < -0.3 is 15.4 Å². The summed E-state index contributed by atoms with van der Waals surface area (Å²) in [6.07, 6.45) is 4.78. The van der Waals surface area contributed by atoms with Crippen LogP contribution < -0.4 is 15.4 Å². The van der Waals surface area contributed by atoms with Crippen LogP contribution >= 0.6 is 0 Å². The highest BCUT2D eigenvalue weighted by Crippen LogP contribution is 2.24. The summed E-state index contributed by atoms with van der Waals surface area (Å²) in [5.41, 5.74) is 1.24. The van der Waals surface area contributed by atoms with Gasteiger partial charge >= 0.3 is 6.09 Å². The number of amides is 2. The number of nitrogens with one attached hydrogen (secondary N) is 3. The monoisotopic (exact) mass is 488 g/mol. The van der Waals surface area contributed by atoms with E-state index in [0.29, 0.717) is 36.9 Å². The highest BCUT2D eigenvalue weighted by Gasteiger charge is 2.31. The Labute approximate surface area is 200 Å². The molecule has 0 atom stereocenters. The van der Waals surface area contributed by atoms with Crippen molar-refractivity contribution >= 4 is 27.7 Å². The number of benzene rings is 1. The van der Waals surface area contributed by atoms with Gasteiger partial charge in [0.2, 0.25) is 10.0 Å². The summed E-state index contributed by atoms with van der Waals surface area (Å²) in [6.45, 7) is 5.54. The summed E-state index contributed by atoms with van der Waals surface area (Å²) in [5, 5.41) is 5.07. The Kier molecular flexibility index (Phi) is 8.27. The lowest BCUT2D eigenvalue weighted by Crippen LogP contribution is -2.44. The van der Waals surface area contributed by atoms with E-state index in [9.17, 15) is 18.0 Å². The lowest BCUT2D eigenvalue weighted by atomic mass is 9.95. The first-order chi connectivity index (χ1) is 16.0. The van der Waals surface area contributed by atoms with E-state index in [0.717, 1.165) is 5.56 Å². The number of hydrogen-bond donors (Lipinski definition) is 3. The zero-order valence-electron chi connectivity index (χ0n) is 19.7. The Morgan fingerprint density at radius 1 is 1.06 bits per heavy atom. The molecular weight excluding hydrogens is 456 g/mol. The van der Waals surface area contributed by atoms with Crippen molar-refractivity contribution in [2.45, 2.75) is 69.9 Å². The summed E-state index contributed by atoms with van der Waals surface area (Å²) >= 11 is 0. The van der Waals surface area contributed by atoms with Crippen LogP contribution in [0.1, 0.15) is 62.4 Å². The number of carbonyl (C=O) groups is 2. The molecule has 2 aromatic rings. The second-order valence-electron chi connectivity index (χ2n) is 9.38. The van der Waals surface area contributed by atoms with Crippen LogP contribution in [0.15, 0.2) is 48.8 Å². The van der Waals surface area contributed by atoms with Crippen LogP contribution in [0.5, 0.6) is 0 Å². The number of aromatic nitrogens is 1. The van der Waals surface area contributed by atoms with Gasteiger partial charge in [-0.25, -0.2) is 17.9 Å². The molecule has 0 aliphatic heterocycles. The molecule has 0 radical (unpaired) electrons. The third-order valence-electron chi connectivity index (χ3n) is 5.45. The molecule has 1 saturated carbocycles. The number of rotatable bonds is 7. The molecule has 1 heterocycles. The van der Waals surface area contributed by atoms with Crippen LogP contribution in [-0.4, -0.2) is 42.3 Å². The Balaban J connectivity index is 1.46. The van der Waals surface area contributed by atoms with E-state index in [2.05, 4.69) is 20.3 Å². The van der Waals surface area contributed by atoms with E-state index < -0.39 is 27.0 Å². The van der Waals surface area contributed by atoms with Crippen LogP contribution in [0.2, 0.25) is 0 Å². The number of carbonyl (C=O) groups excluding carboxylic acids is 2. The number of alkyl carbamates (subject to hydrolysis) is 1. The summed E-state index contributed by atoms with van der Waals surface area (Å²) in [7, 11) is -3.51. The second kappa shape index (κ2) is 11.0. The number of ether oxygens (including phenoxy) is 1. The standard InChI is InChI=1S/C24H32N4O5S/c1-24(2,3)33-23(30)28-19-10-12-21(13-11-19)34(31,32)26-15-17-6-8-18(9-7-17)22(29)27-20-5-4-14-25-16-20/h4-9,14,16,19,21,26H,10-13,15H2,1-3H3,(H,27,29)(H,28,30). The maximum absolute atomic E-state index is 12.8. The van der Waals surface area contributed by atoms with Crippen LogP contribution in [0.3, 0.4) is 0 Å². The van der Waals surface area contributed by atoms with Gasteiger partial charge in [0.15, 0.2) is 0 Å². The zero-order chi connectivity index (χ0) is 24.8. The smallest absolute Gasteiger partial charge is 0.407 e. The van der Waals surface area contributed by atoms with Crippen molar-refractivity contribution in [2.24, 2.45) is 0 Å². The maximum Gasteiger partial charge on any atom is 0.407 e. The highest BCUT2D eigenvalue weighted by atomic mass is 32.2. The Morgan fingerprint density at radius 3 is 2.32 bits per heavy atom. The minimum atomic E-state index is -3.51. The van der Waals surface area contributed by atoms with Gasteiger partial charge in [-0.05, 0) is 76.3 Å². The van der Waals surface area contributed by atoms with E-state index in [1.54, 1.807) is 69.6 Å². The maximum atomic E-state index is 12.8. The first-order valence-electron chi connectivity index (χ1n) is 11.3. The van der Waals surface area contributed by atoms with Crippen LogP contribution in [0.4, 0.5) is 10.5 Å². The van der Waals surface area contributed by atoms with Gasteiger partial charge in [0.05, 0.1) is 17.1 Å². The Bertz CT molecular complexity index is 1070. The lowest BCUT2D eigenvalue weighted by Gasteiger charge is -2.30. The average molecular weight is 489 g/mol. The molecule has 1 fully saturated rings. The topological polar surface area (TPSA) is 126 Å². The fourth-order valence-corrected chi connectivity index (χ4v) is 5.20. The van der Waals surface area contributed by atoms with E-state index in [4.69, 9.17) is 4.74 Å². The molecule has 184 valence electrons. The molecule has 0 spiro atoms. The molecule has 0 bridgehead atoms. The van der Waals surface area contributed by atoms with Gasteiger partial charge in [-0.1, -0.05) is 12.1 Å². The van der Waals surface area contributed by atoms with Crippen LogP contribution in [0.25, 0.3) is 0 Å². The molecule has 9 nitrogen and oxygen atoms in total. The van der Waals surface area contributed by atoms with E-state index in [1.165, 1.54) is 0 Å². The van der Waals surface area contributed by atoms with E-state index >= 15 is 0 Å². The van der Waals surface area contributed by atoms with Crippen molar-refractivity contribution in [3.8, 4) is 0 Å². The molecule has 3 N–H and O–H groups in total. The van der Waals surface area contributed by atoms with Gasteiger partial charge in [0.25, 0.3) is 5.91 Å². The summed E-state index contributed by atoms with van der Waals surface area (Å²) < 4.78 is 33.5. The molecule has 0 unspecified atom stereocenters. The summed E-state index contributed by atoms with van der Waals surface area (Å²) in [5.74, 6) is -0.267. The quantitative estimate of drug-likeness (QED) is 0.547. The second-order valence-corrected chi connectivity index (χ2v) is 11.4. The Morgan fingerprint density at radius 2 is 1.74 bits per heavy atom. The normalized spacial score (nSPS) is 18.7. The van der Waals surface area contributed by atoms with Gasteiger partial charge in [0, 0.05) is 24.3 Å². The predicted octanol–water partition coefficient (Wildman–Crippen LogP) is 3.59. The SMILES string of the molecule is CC(C)(C)OC(=O)NC1CCC(S(=O)(=O)NCc2ccc(C(=O)Nc3cccnc3)cc2)CC1. The zero-order valence-corrected chi connectivity index (χ0v) is 20.5. The van der Waals surface area contributed by atoms with Crippen molar-refractivity contribution in [1.29, 1.82) is 0 Å². The van der Waals surface area contributed by atoms with Crippen molar-refractivity contribution < 1.29 is 22.7 Å². The Hall–Kier alpha value is -2.98. The molecular formula is C24H32N4O5S. The van der Waals surface area contributed by atoms with Crippen molar-refractivity contribution in [3.63, 3.8) is 0 Å². The molecule has 1 aromatic carbocycles. The van der Waals surface area contributed by atoms with Crippen molar-refractivity contribution in [2.75, 3.05) is 5.32 Å². The van der Waals surface area contributed by atoms with E-state index in [1.807, 2.05) is 0 Å². The number of nitrogens with zero attached hydrogens (tertiary/aromatic N) is 1. The number of sulfonamides is 1. The molecule has 34 heavy (non-hydrogen) atoms. The fourth-order valence-electron chi connectivity index (χ4n) is 3.71. The third kappa shape index (κ3) is 7.81. The van der Waals surface area contributed by atoms with Gasteiger partial charge in [-0.2, -0.15) is 0 Å². The molecule has 1 aliphatic rings. The molecule has 1 aliphatic carbocycles. The molecule has 3 rings (SSSR count). The lowest BCUT2D eigenvalue weighted by molar-refractivity contribution is 0.0493. The minimum absolute atomic E-state index is 0.0911. The number of hydrogen-bond acceptors (Lipinski definition) is 6. The molecule has 0 saturated heterocycles. The summed E-state index contributed by atoms with van der Waals surface area (Å²) in [4.78, 5) is 28.2. The number of anilines is 1. The first-order valence-corrected chi connectivity index (χ1v) is 12.8. The van der Waals surface area contributed by atoms with Crippen LogP contribution in [-0.2, 0) is 21.3 Å². The fraction of sp³-hybridized carbons (Fsp3) is 0.458. The summed E-state index contributed by atoms with van der Waals surface area (Å²) in [6, 6.07) is 10.1. The molecule has 10 heteroatoms. The minimum Gasteiger partial charge on any atom is -0.444 e. The number of pyridine rings is 1. The first kappa shape index (κ1) is 25.6. The van der Waals surface area contributed by atoms with Crippen molar-refractivity contribution in [1.82, 2.24) is 15.0 Å². The average Bonchev–Trinajstić information content (AvgIpc) is 2.78. The predicted molar refractivity (Wildman–Crippen MR) is 130 cm³/mol. The molecule has 1 aromatic heterocycles. The van der Waals surface area contributed by atoms with Gasteiger partial charge in [0.1, 0.15) is 5.60 Å². The highest BCUT2D eigenvalue weighted by molar-refractivity contribution is 7.90. The third-order valence-corrected chi connectivity index (χ3v) is 7.34. The molecule has 2 amide bonds.